The van der Waals surface area contributed by atoms with E-state index < -0.39 is 5.82 Å². The Morgan fingerprint density at radius 1 is 1.29 bits per heavy atom. The van der Waals surface area contributed by atoms with Crippen LogP contribution in [0.25, 0.3) is 5.57 Å². The molecule has 1 unspecified atom stereocenters. The summed E-state index contributed by atoms with van der Waals surface area (Å²) in [5, 5.41) is 3.78. The lowest BCUT2D eigenvalue weighted by Crippen LogP contribution is -2.42. The molecule has 0 aliphatic rings. The lowest BCUT2D eigenvalue weighted by atomic mass is 9.91. The van der Waals surface area contributed by atoms with Gasteiger partial charge in [-0.2, -0.15) is 0 Å². The molecular weight excluding hydrogens is 375 g/mol. The summed E-state index contributed by atoms with van der Waals surface area (Å²) in [5.74, 6) is -0.00751. The number of nitrogens with two attached hydrogens (primary N) is 2. The largest absolute Gasteiger partial charge is 0.402 e. The molecule has 0 fully saturated rings. The zero-order chi connectivity index (χ0) is 21.1. The molecule has 1 aromatic carbocycles. The average Bonchev–Trinajstić information content (AvgIpc) is 2.59. The zero-order valence-electron chi connectivity index (χ0n) is 16.7. The van der Waals surface area contributed by atoms with Crippen molar-refractivity contribution in [3.63, 3.8) is 0 Å². The van der Waals surface area contributed by atoms with Gasteiger partial charge in [0.05, 0.1) is 5.02 Å². The molecule has 6 heteroatoms. The summed E-state index contributed by atoms with van der Waals surface area (Å²) >= 11 is 6.33. The van der Waals surface area contributed by atoms with Crippen molar-refractivity contribution in [2.75, 3.05) is 5.73 Å². The zero-order valence-corrected chi connectivity index (χ0v) is 17.4. The van der Waals surface area contributed by atoms with Crippen molar-refractivity contribution in [2.45, 2.75) is 45.2 Å². The molecule has 2 rings (SSSR count). The number of hydrogen-bond donors (Lipinski definition) is 3. The number of pyridine rings is 1. The van der Waals surface area contributed by atoms with E-state index in [1.807, 2.05) is 20.8 Å². The first-order chi connectivity index (χ1) is 13.1. The van der Waals surface area contributed by atoms with E-state index in [-0.39, 0.29) is 17.1 Å². The van der Waals surface area contributed by atoms with E-state index in [0.717, 1.165) is 0 Å². The highest BCUT2D eigenvalue weighted by Crippen LogP contribution is 2.35. The highest BCUT2D eigenvalue weighted by molar-refractivity contribution is 6.32. The first kappa shape index (κ1) is 21.9. The number of nitrogen functional groups attached to an aromatic ring is 1. The standard InChI is InChI=1S/C22H28ClFN4/c1-6-18(28-22(4,5)11-13(2)25)16-8-9-17(23)20(21(16)24)14(3)15-7-10-19(26)27-12-15/h7-10,12,18,28H,2-3,6,11,25H2,1,4-5H3,(H2,26,27). The van der Waals surface area contributed by atoms with Crippen molar-refractivity contribution in [2.24, 2.45) is 5.73 Å². The molecule has 28 heavy (non-hydrogen) atoms. The fraction of sp³-hybridized carbons (Fsp3) is 0.318. The fourth-order valence-corrected chi connectivity index (χ4v) is 3.59. The average molecular weight is 403 g/mol. The summed E-state index contributed by atoms with van der Waals surface area (Å²) in [6.07, 6.45) is 2.83. The van der Waals surface area contributed by atoms with Gasteiger partial charge in [-0.3, -0.25) is 0 Å². The molecule has 1 atom stereocenters. The Balaban J connectivity index is 2.43. The predicted molar refractivity (Wildman–Crippen MR) is 116 cm³/mol. The number of benzene rings is 1. The maximum Gasteiger partial charge on any atom is 0.137 e. The topological polar surface area (TPSA) is 77.0 Å². The van der Waals surface area contributed by atoms with E-state index in [2.05, 4.69) is 23.5 Å². The molecule has 5 N–H and O–H groups in total. The van der Waals surface area contributed by atoms with Gasteiger partial charge in [-0.15, -0.1) is 0 Å². The molecule has 4 nitrogen and oxygen atoms in total. The number of anilines is 1. The van der Waals surface area contributed by atoms with E-state index in [1.54, 1.807) is 30.5 Å². The monoisotopic (exact) mass is 402 g/mol. The molecule has 0 saturated carbocycles. The molecule has 2 aromatic rings. The molecule has 0 radical (unpaired) electrons. The summed E-state index contributed by atoms with van der Waals surface area (Å²) in [6, 6.07) is 6.59. The Kier molecular flexibility index (Phi) is 6.86. The molecular formula is C22H28ClFN4. The second kappa shape index (κ2) is 8.76. The maximum absolute atomic E-state index is 15.6. The van der Waals surface area contributed by atoms with Crippen molar-refractivity contribution >= 4 is 23.0 Å². The van der Waals surface area contributed by atoms with E-state index in [4.69, 9.17) is 23.1 Å². The van der Waals surface area contributed by atoms with Gasteiger partial charge in [-0.1, -0.05) is 37.7 Å². The lowest BCUT2D eigenvalue weighted by Gasteiger charge is -2.32. The van der Waals surface area contributed by atoms with Crippen LogP contribution in [0.3, 0.4) is 0 Å². The lowest BCUT2D eigenvalue weighted by molar-refractivity contribution is 0.322. The third kappa shape index (κ3) is 5.12. The van der Waals surface area contributed by atoms with Crippen LogP contribution in [0.4, 0.5) is 10.2 Å². The van der Waals surface area contributed by atoms with Crippen molar-refractivity contribution < 1.29 is 4.39 Å². The smallest absolute Gasteiger partial charge is 0.137 e. The molecule has 0 aliphatic carbocycles. The van der Waals surface area contributed by atoms with Crippen molar-refractivity contribution in [1.29, 1.82) is 0 Å². The second-order valence-corrected chi connectivity index (χ2v) is 8.01. The van der Waals surface area contributed by atoms with Crippen LogP contribution in [0.5, 0.6) is 0 Å². The third-order valence-corrected chi connectivity index (χ3v) is 4.89. The maximum atomic E-state index is 15.6. The second-order valence-electron chi connectivity index (χ2n) is 7.60. The predicted octanol–water partition coefficient (Wildman–Crippen LogP) is 5.20. The number of aromatic nitrogens is 1. The first-order valence-corrected chi connectivity index (χ1v) is 9.53. The Morgan fingerprint density at radius 2 is 1.96 bits per heavy atom. The van der Waals surface area contributed by atoms with Crippen LogP contribution in [-0.2, 0) is 0 Å². The highest BCUT2D eigenvalue weighted by Gasteiger charge is 2.26. The summed E-state index contributed by atoms with van der Waals surface area (Å²) in [7, 11) is 0. The quantitative estimate of drug-likeness (QED) is 0.567. The normalized spacial score (nSPS) is 12.6. The Hall–Kier alpha value is -2.37. The van der Waals surface area contributed by atoms with Crippen molar-refractivity contribution in [3.05, 3.63) is 76.8 Å². The molecule has 1 aromatic heterocycles. The van der Waals surface area contributed by atoms with Gasteiger partial charge in [0.15, 0.2) is 0 Å². The fourth-order valence-electron chi connectivity index (χ4n) is 3.33. The van der Waals surface area contributed by atoms with Crippen molar-refractivity contribution in [1.82, 2.24) is 10.3 Å². The van der Waals surface area contributed by atoms with Gasteiger partial charge in [-0.25, -0.2) is 9.37 Å². The molecule has 1 heterocycles. The van der Waals surface area contributed by atoms with Gasteiger partial charge < -0.3 is 16.8 Å². The minimum atomic E-state index is -0.393. The number of rotatable bonds is 8. The summed E-state index contributed by atoms with van der Waals surface area (Å²) in [5.41, 5.74) is 13.6. The minimum absolute atomic E-state index is 0.220. The van der Waals surface area contributed by atoms with E-state index >= 15 is 4.39 Å². The van der Waals surface area contributed by atoms with Gasteiger partial charge in [0.2, 0.25) is 0 Å². The van der Waals surface area contributed by atoms with Gasteiger partial charge in [0.1, 0.15) is 11.6 Å². The van der Waals surface area contributed by atoms with E-state index in [1.165, 1.54) is 0 Å². The summed E-state index contributed by atoms with van der Waals surface area (Å²) < 4.78 is 15.6. The van der Waals surface area contributed by atoms with Crippen LogP contribution >= 0.6 is 11.6 Å². The van der Waals surface area contributed by atoms with Gasteiger partial charge >= 0.3 is 0 Å². The summed E-state index contributed by atoms with van der Waals surface area (Å²) in [6.45, 7) is 13.8. The van der Waals surface area contributed by atoms with Crippen LogP contribution in [0.15, 0.2) is 49.3 Å². The van der Waals surface area contributed by atoms with Crippen LogP contribution < -0.4 is 16.8 Å². The van der Waals surface area contributed by atoms with Gasteiger partial charge in [0, 0.05) is 46.6 Å². The molecule has 0 aliphatic heterocycles. The minimum Gasteiger partial charge on any atom is -0.402 e. The number of halogens is 2. The molecule has 0 saturated heterocycles. The number of nitrogens with zero attached hydrogens (tertiary/aromatic N) is 1. The van der Waals surface area contributed by atoms with Crippen LogP contribution in [-0.4, -0.2) is 10.5 Å². The van der Waals surface area contributed by atoms with Crippen molar-refractivity contribution in [3.8, 4) is 0 Å². The number of hydrogen-bond acceptors (Lipinski definition) is 4. The molecule has 0 bridgehead atoms. The first-order valence-electron chi connectivity index (χ1n) is 9.15. The molecule has 0 amide bonds. The Labute approximate surface area is 171 Å². The molecule has 0 spiro atoms. The number of nitrogens with one attached hydrogen (secondary N) is 1. The summed E-state index contributed by atoms with van der Waals surface area (Å²) in [4.78, 5) is 4.05. The highest BCUT2D eigenvalue weighted by atomic mass is 35.5. The van der Waals surface area contributed by atoms with Crippen LogP contribution in [0.2, 0.25) is 5.02 Å². The third-order valence-electron chi connectivity index (χ3n) is 4.58. The molecule has 150 valence electrons. The van der Waals surface area contributed by atoms with Gasteiger partial charge in [0.25, 0.3) is 0 Å². The van der Waals surface area contributed by atoms with E-state index in [9.17, 15) is 0 Å². The van der Waals surface area contributed by atoms with Crippen LogP contribution in [0.1, 0.15) is 56.3 Å². The van der Waals surface area contributed by atoms with E-state index in [0.29, 0.717) is 46.1 Å². The SMILES string of the molecule is C=C(N)CC(C)(C)NC(CC)c1ccc(Cl)c(C(=C)c2ccc(N)nc2)c1F. The van der Waals surface area contributed by atoms with Crippen LogP contribution in [0, 0.1) is 5.82 Å². The van der Waals surface area contributed by atoms with Gasteiger partial charge in [-0.05, 0) is 44.0 Å². The Bertz CT molecular complexity index is 875. The Morgan fingerprint density at radius 3 is 2.50 bits per heavy atom.